The van der Waals surface area contributed by atoms with Crippen LogP contribution in [0.4, 0.5) is 5.69 Å². The molecule has 0 aromatic heterocycles. The minimum absolute atomic E-state index is 0.0738. The first kappa shape index (κ1) is 26.1. The number of benzene rings is 2. The second-order valence-corrected chi connectivity index (χ2v) is 11.1. The predicted molar refractivity (Wildman–Crippen MR) is 136 cm³/mol. The smallest absolute Gasteiger partial charge is 0.244 e. The van der Waals surface area contributed by atoms with Crippen LogP contribution < -0.4 is 9.62 Å². The first-order chi connectivity index (χ1) is 15.0. The fraction of sp³-hybridized carbons (Fsp3) is 0.391. The van der Waals surface area contributed by atoms with Crippen molar-refractivity contribution in [1.29, 1.82) is 0 Å². The van der Waals surface area contributed by atoms with E-state index in [9.17, 15) is 18.0 Å². The maximum atomic E-state index is 13.3. The predicted octanol–water partition coefficient (Wildman–Crippen LogP) is 3.04. The van der Waals surface area contributed by atoms with Crippen LogP contribution in [0.5, 0.6) is 0 Å². The molecule has 2 aromatic rings. The lowest BCUT2D eigenvalue weighted by molar-refractivity contribution is -0.139. The summed E-state index contributed by atoms with van der Waals surface area (Å²) < 4.78 is 27.0. The molecule has 0 radical (unpaired) electrons. The second kappa shape index (κ2) is 11.6. The molecule has 0 aliphatic rings. The molecule has 0 saturated heterocycles. The van der Waals surface area contributed by atoms with Gasteiger partial charge in [0.25, 0.3) is 0 Å². The maximum absolute atomic E-state index is 13.3. The maximum Gasteiger partial charge on any atom is 0.244 e. The monoisotopic (exact) mass is 571 g/mol. The SMILES string of the molecule is CC(C)NC(=O)C(C)N(CCc1ccccc1)C(=O)CN(c1ccc(I)cc1)S(C)(=O)=O. The van der Waals surface area contributed by atoms with Crippen LogP contribution in [-0.2, 0) is 26.0 Å². The molecule has 174 valence electrons. The van der Waals surface area contributed by atoms with E-state index in [2.05, 4.69) is 27.9 Å². The number of nitrogens with one attached hydrogen (secondary N) is 1. The lowest BCUT2D eigenvalue weighted by Crippen LogP contribution is -2.53. The van der Waals surface area contributed by atoms with Gasteiger partial charge in [-0.25, -0.2) is 8.42 Å². The van der Waals surface area contributed by atoms with E-state index in [4.69, 9.17) is 0 Å². The number of hydrogen-bond acceptors (Lipinski definition) is 4. The molecule has 32 heavy (non-hydrogen) atoms. The second-order valence-electron chi connectivity index (χ2n) is 7.91. The molecule has 0 aliphatic carbocycles. The Labute approximate surface area is 204 Å². The van der Waals surface area contributed by atoms with Crippen molar-refractivity contribution < 1.29 is 18.0 Å². The van der Waals surface area contributed by atoms with Gasteiger partial charge in [0, 0.05) is 16.2 Å². The molecule has 0 spiro atoms. The molecule has 0 heterocycles. The third-order valence-corrected chi connectivity index (χ3v) is 6.74. The van der Waals surface area contributed by atoms with Crippen LogP contribution in [0.3, 0.4) is 0 Å². The Balaban J connectivity index is 2.29. The van der Waals surface area contributed by atoms with E-state index < -0.39 is 22.0 Å². The Morgan fingerprint density at radius 1 is 1.00 bits per heavy atom. The third kappa shape index (κ3) is 7.77. The largest absolute Gasteiger partial charge is 0.352 e. The molecule has 1 atom stereocenters. The molecule has 0 saturated carbocycles. The lowest BCUT2D eigenvalue weighted by atomic mass is 10.1. The summed E-state index contributed by atoms with van der Waals surface area (Å²) in [4.78, 5) is 27.4. The summed E-state index contributed by atoms with van der Waals surface area (Å²) >= 11 is 2.13. The van der Waals surface area contributed by atoms with E-state index >= 15 is 0 Å². The van der Waals surface area contributed by atoms with Crippen LogP contribution in [0.15, 0.2) is 54.6 Å². The number of amides is 2. The molecule has 0 fully saturated rings. The highest BCUT2D eigenvalue weighted by atomic mass is 127. The third-order valence-electron chi connectivity index (χ3n) is 4.88. The summed E-state index contributed by atoms with van der Waals surface area (Å²) in [5.74, 6) is -0.710. The molecular weight excluding hydrogens is 541 g/mol. The van der Waals surface area contributed by atoms with Crippen molar-refractivity contribution in [2.45, 2.75) is 39.3 Å². The van der Waals surface area contributed by atoms with Gasteiger partial charge >= 0.3 is 0 Å². The molecular formula is C23H30IN3O4S. The summed E-state index contributed by atoms with van der Waals surface area (Å²) in [5.41, 5.74) is 1.43. The van der Waals surface area contributed by atoms with Crippen molar-refractivity contribution in [3.05, 3.63) is 63.7 Å². The molecule has 1 N–H and O–H groups in total. The normalized spacial score (nSPS) is 12.3. The molecule has 0 aliphatic heterocycles. The highest BCUT2D eigenvalue weighted by molar-refractivity contribution is 14.1. The van der Waals surface area contributed by atoms with Crippen molar-refractivity contribution in [3.8, 4) is 0 Å². The van der Waals surface area contributed by atoms with Gasteiger partial charge in [-0.05, 0) is 79.6 Å². The quantitative estimate of drug-likeness (QED) is 0.445. The first-order valence-electron chi connectivity index (χ1n) is 10.4. The van der Waals surface area contributed by atoms with Gasteiger partial charge in [-0.1, -0.05) is 30.3 Å². The van der Waals surface area contributed by atoms with Gasteiger partial charge < -0.3 is 10.2 Å². The summed E-state index contributed by atoms with van der Waals surface area (Å²) in [6.07, 6.45) is 1.62. The number of sulfonamides is 1. The first-order valence-corrected chi connectivity index (χ1v) is 13.3. The summed E-state index contributed by atoms with van der Waals surface area (Å²) in [7, 11) is -3.71. The Kier molecular flexibility index (Phi) is 9.50. The highest BCUT2D eigenvalue weighted by Gasteiger charge is 2.29. The molecule has 2 rings (SSSR count). The van der Waals surface area contributed by atoms with Gasteiger partial charge in [0.1, 0.15) is 12.6 Å². The van der Waals surface area contributed by atoms with Crippen molar-refractivity contribution in [2.75, 3.05) is 23.7 Å². The fourth-order valence-electron chi connectivity index (χ4n) is 3.20. The zero-order valence-corrected chi connectivity index (χ0v) is 21.8. The molecule has 9 heteroatoms. The standard InChI is InChI=1S/C23H30IN3O4S/c1-17(2)25-23(29)18(3)26(15-14-19-8-6-5-7-9-19)22(28)16-27(32(4,30)31)21-12-10-20(24)11-13-21/h5-13,17-18H,14-16H2,1-4H3,(H,25,29). The van der Waals surface area contributed by atoms with E-state index in [1.54, 1.807) is 31.2 Å². The van der Waals surface area contributed by atoms with Gasteiger partial charge in [-0.15, -0.1) is 0 Å². The number of hydrogen-bond donors (Lipinski definition) is 1. The van der Waals surface area contributed by atoms with Crippen LogP contribution in [0.2, 0.25) is 0 Å². The van der Waals surface area contributed by atoms with Crippen molar-refractivity contribution in [1.82, 2.24) is 10.2 Å². The summed E-state index contributed by atoms with van der Waals surface area (Å²) in [5, 5.41) is 2.83. The topological polar surface area (TPSA) is 86.8 Å². The number of anilines is 1. The Morgan fingerprint density at radius 3 is 2.12 bits per heavy atom. The molecule has 2 amide bonds. The average Bonchev–Trinajstić information content (AvgIpc) is 2.72. The molecule has 7 nitrogen and oxygen atoms in total. The van der Waals surface area contributed by atoms with E-state index in [-0.39, 0.29) is 18.5 Å². The number of carbonyl (C=O) groups excluding carboxylic acids is 2. The van der Waals surface area contributed by atoms with Crippen molar-refractivity contribution >= 4 is 50.1 Å². The van der Waals surface area contributed by atoms with Crippen molar-refractivity contribution in [2.24, 2.45) is 0 Å². The van der Waals surface area contributed by atoms with Crippen LogP contribution in [-0.4, -0.2) is 56.6 Å². The zero-order valence-electron chi connectivity index (χ0n) is 18.8. The Morgan fingerprint density at radius 2 is 1.59 bits per heavy atom. The van der Waals surface area contributed by atoms with E-state index in [1.165, 1.54) is 4.90 Å². The van der Waals surface area contributed by atoms with Crippen LogP contribution >= 0.6 is 22.6 Å². The number of nitrogens with zero attached hydrogens (tertiary/aromatic N) is 2. The number of carbonyl (C=O) groups is 2. The summed E-state index contributed by atoms with van der Waals surface area (Å²) in [6.45, 7) is 5.27. The van der Waals surface area contributed by atoms with Crippen LogP contribution in [0, 0.1) is 3.57 Å². The number of rotatable bonds is 10. The Hall–Kier alpha value is -2.14. The van der Waals surface area contributed by atoms with Gasteiger partial charge in [0.15, 0.2) is 0 Å². The molecule has 2 aromatic carbocycles. The van der Waals surface area contributed by atoms with Gasteiger partial charge in [-0.3, -0.25) is 13.9 Å². The van der Waals surface area contributed by atoms with E-state index in [0.29, 0.717) is 18.7 Å². The minimum atomic E-state index is -3.71. The lowest BCUT2D eigenvalue weighted by Gasteiger charge is -2.31. The Bertz CT molecular complexity index is 1010. The van der Waals surface area contributed by atoms with Gasteiger partial charge in [-0.2, -0.15) is 0 Å². The summed E-state index contributed by atoms with van der Waals surface area (Å²) in [6, 6.07) is 15.7. The van der Waals surface area contributed by atoms with E-state index in [0.717, 1.165) is 19.7 Å². The highest BCUT2D eigenvalue weighted by Crippen LogP contribution is 2.20. The zero-order chi connectivity index (χ0) is 23.9. The van der Waals surface area contributed by atoms with Gasteiger partial charge in [0.2, 0.25) is 21.8 Å². The average molecular weight is 571 g/mol. The van der Waals surface area contributed by atoms with Crippen molar-refractivity contribution in [3.63, 3.8) is 0 Å². The number of halogens is 1. The molecule has 1 unspecified atom stereocenters. The van der Waals surface area contributed by atoms with Crippen LogP contribution in [0.25, 0.3) is 0 Å². The van der Waals surface area contributed by atoms with Crippen LogP contribution in [0.1, 0.15) is 26.3 Å². The minimum Gasteiger partial charge on any atom is -0.352 e. The fourth-order valence-corrected chi connectivity index (χ4v) is 4.41. The molecule has 0 bridgehead atoms. The van der Waals surface area contributed by atoms with E-state index in [1.807, 2.05) is 44.2 Å². The van der Waals surface area contributed by atoms with Gasteiger partial charge in [0.05, 0.1) is 11.9 Å².